The Morgan fingerprint density at radius 2 is 1.57 bits per heavy atom. The quantitative estimate of drug-likeness (QED) is 0.654. The molecule has 1 aromatic carbocycles. The van der Waals surface area contributed by atoms with Crippen LogP contribution in [0, 0.1) is 0 Å². The summed E-state index contributed by atoms with van der Waals surface area (Å²) >= 11 is 0. The molecule has 1 rings (SSSR count). The Bertz CT molecular complexity index is 273. The zero-order valence-corrected chi connectivity index (χ0v) is 9.77. The second-order valence-corrected chi connectivity index (χ2v) is 3.96. The number of aryl methyl sites for hydroxylation is 3. The Kier molecular flexibility index (Phi) is 4.72. The van der Waals surface area contributed by atoms with Crippen molar-refractivity contribution in [3.63, 3.8) is 0 Å². The minimum absolute atomic E-state index is 1.17. The Hall–Kier alpha value is -0.780. The highest BCUT2D eigenvalue weighted by Crippen LogP contribution is 2.16. The van der Waals surface area contributed by atoms with E-state index in [1.54, 1.807) is 5.56 Å². The lowest BCUT2D eigenvalue weighted by atomic mass is 9.97. The monoisotopic (exact) mass is 190 g/mol. The first-order valence-corrected chi connectivity index (χ1v) is 5.92. The zero-order chi connectivity index (χ0) is 10.4. The Morgan fingerprint density at radius 3 is 2.14 bits per heavy atom. The molecule has 0 saturated heterocycles. The fourth-order valence-corrected chi connectivity index (χ4v) is 1.97. The topological polar surface area (TPSA) is 0 Å². The SMILES string of the molecule is CCCc1ccc(CC)c(CCC)c1. The standard InChI is InChI=1S/C14H22/c1-4-7-12-9-10-13(6-3)14(11-12)8-5-2/h9-11H,4-8H2,1-3H3. The summed E-state index contributed by atoms with van der Waals surface area (Å²) in [7, 11) is 0. The molecule has 0 nitrogen and oxygen atoms in total. The van der Waals surface area contributed by atoms with E-state index >= 15 is 0 Å². The van der Waals surface area contributed by atoms with Crippen molar-refractivity contribution in [1.29, 1.82) is 0 Å². The lowest BCUT2D eigenvalue weighted by molar-refractivity contribution is 0.878. The fraction of sp³-hybridized carbons (Fsp3) is 0.571. The van der Waals surface area contributed by atoms with Crippen LogP contribution < -0.4 is 0 Å². The van der Waals surface area contributed by atoms with Crippen LogP contribution in [-0.4, -0.2) is 0 Å². The minimum Gasteiger partial charge on any atom is -0.0651 e. The normalized spacial score (nSPS) is 10.5. The molecule has 14 heavy (non-hydrogen) atoms. The van der Waals surface area contributed by atoms with E-state index < -0.39 is 0 Å². The Labute approximate surface area is 88.4 Å². The summed E-state index contributed by atoms with van der Waals surface area (Å²) in [5.41, 5.74) is 4.61. The highest BCUT2D eigenvalue weighted by atomic mass is 14.1. The van der Waals surface area contributed by atoms with Gasteiger partial charge in [0.15, 0.2) is 0 Å². The number of benzene rings is 1. The van der Waals surface area contributed by atoms with E-state index in [1.807, 2.05) is 0 Å². The molecule has 0 aliphatic carbocycles. The zero-order valence-electron chi connectivity index (χ0n) is 9.77. The van der Waals surface area contributed by atoms with E-state index in [0.717, 1.165) is 0 Å². The van der Waals surface area contributed by atoms with Crippen molar-refractivity contribution in [3.8, 4) is 0 Å². The van der Waals surface area contributed by atoms with Crippen LogP contribution in [0.1, 0.15) is 50.3 Å². The highest BCUT2D eigenvalue weighted by molar-refractivity contribution is 5.32. The van der Waals surface area contributed by atoms with Gasteiger partial charge < -0.3 is 0 Å². The predicted octanol–water partition coefficient (Wildman–Crippen LogP) is 4.15. The summed E-state index contributed by atoms with van der Waals surface area (Å²) in [5, 5.41) is 0. The summed E-state index contributed by atoms with van der Waals surface area (Å²) in [6.45, 7) is 6.74. The molecular formula is C14H22. The van der Waals surface area contributed by atoms with E-state index in [0.29, 0.717) is 0 Å². The fourth-order valence-electron chi connectivity index (χ4n) is 1.97. The van der Waals surface area contributed by atoms with Gasteiger partial charge in [-0.3, -0.25) is 0 Å². The molecule has 0 aromatic heterocycles. The second-order valence-electron chi connectivity index (χ2n) is 3.96. The summed E-state index contributed by atoms with van der Waals surface area (Å²) in [5.74, 6) is 0. The third kappa shape index (κ3) is 2.87. The summed E-state index contributed by atoms with van der Waals surface area (Å²) in [4.78, 5) is 0. The van der Waals surface area contributed by atoms with Gasteiger partial charge in [-0.05, 0) is 36.0 Å². The largest absolute Gasteiger partial charge is 0.0651 e. The molecule has 0 unspecified atom stereocenters. The van der Waals surface area contributed by atoms with Crippen LogP contribution in [0.5, 0.6) is 0 Å². The van der Waals surface area contributed by atoms with Crippen LogP contribution >= 0.6 is 0 Å². The molecule has 0 aliphatic heterocycles. The van der Waals surface area contributed by atoms with Crippen molar-refractivity contribution in [2.75, 3.05) is 0 Å². The molecule has 0 heteroatoms. The Morgan fingerprint density at radius 1 is 0.857 bits per heavy atom. The first-order valence-electron chi connectivity index (χ1n) is 5.92. The molecule has 0 amide bonds. The number of hydrogen-bond donors (Lipinski definition) is 0. The van der Waals surface area contributed by atoms with Crippen LogP contribution in [0.25, 0.3) is 0 Å². The molecule has 0 saturated carbocycles. The van der Waals surface area contributed by atoms with Crippen molar-refractivity contribution in [2.45, 2.75) is 52.9 Å². The molecule has 0 aliphatic rings. The maximum Gasteiger partial charge on any atom is -0.0279 e. The van der Waals surface area contributed by atoms with Crippen molar-refractivity contribution >= 4 is 0 Å². The third-order valence-electron chi connectivity index (χ3n) is 2.71. The smallest absolute Gasteiger partial charge is 0.0279 e. The van der Waals surface area contributed by atoms with E-state index in [2.05, 4.69) is 39.0 Å². The van der Waals surface area contributed by atoms with Crippen LogP contribution in [0.2, 0.25) is 0 Å². The average molecular weight is 190 g/mol. The third-order valence-corrected chi connectivity index (χ3v) is 2.71. The molecule has 0 radical (unpaired) electrons. The van der Waals surface area contributed by atoms with E-state index in [1.165, 1.54) is 43.2 Å². The van der Waals surface area contributed by atoms with Crippen molar-refractivity contribution in [2.24, 2.45) is 0 Å². The van der Waals surface area contributed by atoms with Crippen LogP contribution in [-0.2, 0) is 19.3 Å². The molecule has 0 spiro atoms. The van der Waals surface area contributed by atoms with E-state index in [9.17, 15) is 0 Å². The lowest BCUT2D eigenvalue weighted by Crippen LogP contribution is -1.95. The average Bonchev–Trinajstić information content (AvgIpc) is 2.19. The van der Waals surface area contributed by atoms with Crippen LogP contribution in [0.3, 0.4) is 0 Å². The first kappa shape index (κ1) is 11.3. The van der Waals surface area contributed by atoms with Gasteiger partial charge in [-0.15, -0.1) is 0 Å². The molecule has 0 atom stereocenters. The van der Waals surface area contributed by atoms with Gasteiger partial charge in [0.05, 0.1) is 0 Å². The summed E-state index contributed by atoms with van der Waals surface area (Å²) in [6.07, 6.45) is 6.13. The van der Waals surface area contributed by atoms with Crippen molar-refractivity contribution in [3.05, 3.63) is 34.9 Å². The second kappa shape index (κ2) is 5.85. The van der Waals surface area contributed by atoms with Crippen molar-refractivity contribution in [1.82, 2.24) is 0 Å². The molecular weight excluding hydrogens is 168 g/mol. The van der Waals surface area contributed by atoms with Gasteiger partial charge in [0.2, 0.25) is 0 Å². The van der Waals surface area contributed by atoms with Gasteiger partial charge in [0.1, 0.15) is 0 Å². The van der Waals surface area contributed by atoms with Crippen LogP contribution in [0.15, 0.2) is 18.2 Å². The molecule has 0 heterocycles. The van der Waals surface area contributed by atoms with E-state index in [4.69, 9.17) is 0 Å². The summed E-state index contributed by atoms with van der Waals surface area (Å²) < 4.78 is 0. The van der Waals surface area contributed by atoms with Gasteiger partial charge in [0.25, 0.3) is 0 Å². The first-order chi connectivity index (χ1) is 6.81. The highest BCUT2D eigenvalue weighted by Gasteiger charge is 2.01. The predicted molar refractivity (Wildman–Crippen MR) is 63.8 cm³/mol. The molecule has 0 bridgehead atoms. The van der Waals surface area contributed by atoms with Crippen LogP contribution in [0.4, 0.5) is 0 Å². The molecule has 78 valence electrons. The minimum atomic E-state index is 1.17. The molecule has 1 aromatic rings. The maximum absolute atomic E-state index is 2.41. The van der Waals surface area contributed by atoms with Gasteiger partial charge >= 0.3 is 0 Å². The molecule has 0 fully saturated rings. The van der Waals surface area contributed by atoms with Gasteiger partial charge in [-0.1, -0.05) is 51.8 Å². The number of hydrogen-bond acceptors (Lipinski definition) is 0. The van der Waals surface area contributed by atoms with Gasteiger partial charge in [-0.2, -0.15) is 0 Å². The maximum atomic E-state index is 2.41. The van der Waals surface area contributed by atoms with Gasteiger partial charge in [0, 0.05) is 0 Å². The lowest BCUT2D eigenvalue weighted by Gasteiger charge is -2.09. The Balaban J connectivity index is 2.88. The molecule has 0 N–H and O–H groups in total. The summed E-state index contributed by atoms with van der Waals surface area (Å²) in [6, 6.07) is 7.02. The van der Waals surface area contributed by atoms with E-state index in [-0.39, 0.29) is 0 Å². The number of rotatable bonds is 5. The van der Waals surface area contributed by atoms with Gasteiger partial charge in [-0.25, -0.2) is 0 Å². The van der Waals surface area contributed by atoms with Crippen molar-refractivity contribution < 1.29 is 0 Å².